The summed E-state index contributed by atoms with van der Waals surface area (Å²) in [6.07, 6.45) is 5.26. The maximum atomic E-state index is 11.2. The second-order valence-corrected chi connectivity index (χ2v) is 7.95. The average molecular weight is 268 g/mol. The standard InChI is InChI=1S/C16H28O3/c1-14(2)7-5-8-15(3)11(14)6-9-16(4,19)12(15)10-13(17)18/h11-12,19H,5-10H2,1-4H3,(H,17,18)/t11-,12-,15-,16+/m1/s1. The van der Waals surface area contributed by atoms with E-state index in [1.807, 2.05) is 6.92 Å². The van der Waals surface area contributed by atoms with E-state index in [1.165, 1.54) is 6.42 Å². The summed E-state index contributed by atoms with van der Waals surface area (Å²) in [6, 6.07) is 0. The molecule has 2 aliphatic carbocycles. The molecule has 0 aromatic carbocycles. The van der Waals surface area contributed by atoms with E-state index in [0.29, 0.717) is 5.92 Å². The van der Waals surface area contributed by atoms with Crippen LogP contribution in [0.1, 0.15) is 66.2 Å². The van der Waals surface area contributed by atoms with Gasteiger partial charge in [0.25, 0.3) is 0 Å². The summed E-state index contributed by atoms with van der Waals surface area (Å²) >= 11 is 0. The zero-order valence-corrected chi connectivity index (χ0v) is 12.7. The molecule has 2 saturated carbocycles. The van der Waals surface area contributed by atoms with Crippen molar-refractivity contribution in [1.29, 1.82) is 0 Å². The van der Waals surface area contributed by atoms with Gasteiger partial charge in [-0.25, -0.2) is 0 Å². The lowest BCUT2D eigenvalue weighted by molar-refractivity contribution is -0.178. The Morgan fingerprint density at radius 2 is 1.79 bits per heavy atom. The number of fused-ring (bicyclic) bond motifs is 1. The van der Waals surface area contributed by atoms with E-state index >= 15 is 0 Å². The van der Waals surface area contributed by atoms with Crippen molar-refractivity contribution < 1.29 is 15.0 Å². The molecule has 0 aromatic rings. The molecule has 0 bridgehead atoms. The highest BCUT2D eigenvalue weighted by molar-refractivity contribution is 5.67. The lowest BCUT2D eigenvalue weighted by Gasteiger charge is -2.61. The summed E-state index contributed by atoms with van der Waals surface area (Å²) in [6.45, 7) is 8.68. The van der Waals surface area contributed by atoms with E-state index in [9.17, 15) is 15.0 Å². The summed E-state index contributed by atoms with van der Waals surface area (Å²) in [7, 11) is 0. The van der Waals surface area contributed by atoms with Crippen LogP contribution in [-0.2, 0) is 4.79 Å². The summed E-state index contributed by atoms with van der Waals surface area (Å²) in [5.41, 5.74) is -0.612. The monoisotopic (exact) mass is 268 g/mol. The topological polar surface area (TPSA) is 57.5 Å². The van der Waals surface area contributed by atoms with E-state index in [4.69, 9.17) is 0 Å². The summed E-state index contributed by atoms with van der Waals surface area (Å²) in [5.74, 6) is -0.385. The highest BCUT2D eigenvalue weighted by Crippen LogP contribution is 2.62. The van der Waals surface area contributed by atoms with Crippen LogP contribution < -0.4 is 0 Å². The van der Waals surface area contributed by atoms with Gasteiger partial charge in [-0.1, -0.05) is 27.2 Å². The van der Waals surface area contributed by atoms with Gasteiger partial charge < -0.3 is 10.2 Å². The van der Waals surface area contributed by atoms with E-state index in [1.54, 1.807) is 0 Å². The van der Waals surface area contributed by atoms with Gasteiger partial charge in [0.1, 0.15) is 0 Å². The molecule has 0 aliphatic heterocycles. The van der Waals surface area contributed by atoms with Gasteiger partial charge in [0.15, 0.2) is 0 Å². The van der Waals surface area contributed by atoms with Crippen LogP contribution in [0.4, 0.5) is 0 Å². The van der Waals surface area contributed by atoms with Crippen molar-refractivity contribution >= 4 is 5.97 Å². The summed E-state index contributed by atoms with van der Waals surface area (Å²) in [5, 5.41) is 19.9. The van der Waals surface area contributed by atoms with Crippen molar-refractivity contribution in [2.75, 3.05) is 0 Å². The molecule has 4 atom stereocenters. The predicted octanol–water partition coefficient (Wildman–Crippen LogP) is 3.45. The molecule has 2 aliphatic rings. The van der Waals surface area contributed by atoms with Crippen molar-refractivity contribution in [3.05, 3.63) is 0 Å². The Hall–Kier alpha value is -0.570. The fraction of sp³-hybridized carbons (Fsp3) is 0.938. The Morgan fingerprint density at radius 1 is 1.16 bits per heavy atom. The lowest BCUT2D eigenvalue weighted by atomic mass is 9.45. The van der Waals surface area contributed by atoms with Gasteiger partial charge in [0.2, 0.25) is 0 Å². The van der Waals surface area contributed by atoms with Crippen molar-refractivity contribution in [3.63, 3.8) is 0 Å². The molecule has 110 valence electrons. The molecule has 0 heterocycles. The third kappa shape index (κ3) is 2.42. The normalized spacial score (nSPS) is 45.5. The Balaban J connectivity index is 2.38. The Morgan fingerprint density at radius 3 is 2.37 bits per heavy atom. The minimum atomic E-state index is -0.836. The minimum Gasteiger partial charge on any atom is -0.481 e. The van der Waals surface area contributed by atoms with Crippen molar-refractivity contribution in [1.82, 2.24) is 0 Å². The quantitative estimate of drug-likeness (QED) is 0.806. The molecule has 19 heavy (non-hydrogen) atoms. The van der Waals surface area contributed by atoms with Crippen LogP contribution in [0.3, 0.4) is 0 Å². The average Bonchev–Trinajstić information content (AvgIpc) is 2.22. The number of hydrogen-bond acceptors (Lipinski definition) is 2. The molecule has 0 aromatic heterocycles. The molecule has 0 spiro atoms. The zero-order chi connectivity index (χ0) is 14.5. The molecule has 0 unspecified atom stereocenters. The molecule has 2 rings (SSSR count). The highest BCUT2D eigenvalue weighted by Gasteiger charge is 2.58. The first-order valence-electron chi connectivity index (χ1n) is 7.54. The van der Waals surface area contributed by atoms with Crippen molar-refractivity contribution in [3.8, 4) is 0 Å². The molecule has 0 amide bonds. The summed E-state index contributed by atoms with van der Waals surface area (Å²) in [4.78, 5) is 11.2. The molecule has 0 saturated heterocycles. The first-order chi connectivity index (χ1) is 8.59. The van der Waals surface area contributed by atoms with Gasteiger partial charge in [0, 0.05) is 5.92 Å². The van der Waals surface area contributed by atoms with Crippen LogP contribution >= 0.6 is 0 Å². The van der Waals surface area contributed by atoms with Gasteiger partial charge in [-0.3, -0.25) is 4.79 Å². The maximum absolute atomic E-state index is 11.2. The fourth-order valence-electron chi connectivity index (χ4n) is 5.25. The van der Waals surface area contributed by atoms with Crippen molar-refractivity contribution in [2.45, 2.75) is 71.8 Å². The van der Waals surface area contributed by atoms with E-state index in [0.717, 1.165) is 25.7 Å². The predicted molar refractivity (Wildman–Crippen MR) is 74.8 cm³/mol. The van der Waals surface area contributed by atoms with Crippen LogP contribution in [0.5, 0.6) is 0 Å². The molecule has 3 nitrogen and oxygen atoms in total. The van der Waals surface area contributed by atoms with Gasteiger partial charge in [-0.15, -0.1) is 0 Å². The molecule has 0 radical (unpaired) electrons. The van der Waals surface area contributed by atoms with E-state index in [-0.39, 0.29) is 23.2 Å². The number of hydrogen-bond donors (Lipinski definition) is 2. The van der Waals surface area contributed by atoms with Gasteiger partial charge in [-0.2, -0.15) is 0 Å². The van der Waals surface area contributed by atoms with E-state index < -0.39 is 11.6 Å². The largest absolute Gasteiger partial charge is 0.481 e. The molecule has 2 N–H and O–H groups in total. The SMILES string of the molecule is CC1(C)CCC[C@]2(C)[C@@H]1CC[C@](C)(O)[C@@H]2CC(=O)O. The van der Waals surface area contributed by atoms with Gasteiger partial charge in [-0.05, 0) is 49.4 Å². The second-order valence-electron chi connectivity index (χ2n) is 7.95. The van der Waals surface area contributed by atoms with Crippen LogP contribution in [0.2, 0.25) is 0 Å². The van der Waals surface area contributed by atoms with E-state index in [2.05, 4.69) is 20.8 Å². The number of carbonyl (C=O) groups is 1. The smallest absolute Gasteiger partial charge is 0.303 e. The number of aliphatic hydroxyl groups is 1. The first-order valence-corrected chi connectivity index (χ1v) is 7.54. The van der Waals surface area contributed by atoms with Crippen LogP contribution in [0, 0.1) is 22.7 Å². The Kier molecular flexibility index (Phi) is 3.49. The van der Waals surface area contributed by atoms with Crippen molar-refractivity contribution in [2.24, 2.45) is 22.7 Å². The lowest BCUT2D eigenvalue weighted by Crippen LogP contribution is -2.58. The van der Waals surface area contributed by atoms with Gasteiger partial charge >= 0.3 is 5.97 Å². The highest BCUT2D eigenvalue weighted by atomic mass is 16.4. The molecule has 2 fully saturated rings. The number of aliphatic carboxylic acids is 1. The molecular formula is C16H28O3. The van der Waals surface area contributed by atoms with Gasteiger partial charge in [0.05, 0.1) is 12.0 Å². The maximum Gasteiger partial charge on any atom is 0.303 e. The van der Waals surface area contributed by atoms with Crippen LogP contribution in [0.25, 0.3) is 0 Å². The van der Waals surface area contributed by atoms with Crippen LogP contribution in [-0.4, -0.2) is 21.8 Å². The summed E-state index contributed by atoms with van der Waals surface area (Å²) < 4.78 is 0. The zero-order valence-electron chi connectivity index (χ0n) is 12.7. The first kappa shape index (κ1) is 14.8. The third-order valence-electron chi connectivity index (χ3n) is 6.14. The second kappa shape index (κ2) is 4.47. The number of rotatable bonds is 2. The third-order valence-corrected chi connectivity index (χ3v) is 6.14. The number of carboxylic acids is 1. The fourth-order valence-corrected chi connectivity index (χ4v) is 5.25. The number of carboxylic acid groups (broad SMARTS) is 1. The minimum absolute atomic E-state index is 0.0398. The molecular weight excluding hydrogens is 240 g/mol. The molecule has 3 heteroatoms. The van der Waals surface area contributed by atoms with Crippen LogP contribution in [0.15, 0.2) is 0 Å². The Bertz CT molecular complexity index is 372. The Labute approximate surface area is 116 Å².